The molecule has 0 spiro atoms. The van der Waals surface area contributed by atoms with Crippen LogP contribution in [0.4, 0.5) is 0 Å². The van der Waals surface area contributed by atoms with Crippen LogP contribution in [0.25, 0.3) is 0 Å². The first kappa shape index (κ1) is 13.1. The average molecular weight is 226 g/mol. The predicted octanol–water partition coefficient (Wildman–Crippen LogP) is 0.852. The van der Waals surface area contributed by atoms with Crippen LogP contribution in [0.3, 0.4) is 0 Å². The summed E-state index contributed by atoms with van der Waals surface area (Å²) in [4.78, 5) is 6.54. The van der Waals surface area contributed by atoms with Gasteiger partial charge in [0, 0.05) is 33.0 Å². The molecule has 0 saturated heterocycles. The van der Waals surface area contributed by atoms with Gasteiger partial charge in [-0.15, -0.1) is 0 Å². The summed E-state index contributed by atoms with van der Waals surface area (Å²) in [6.07, 6.45) is 0.829. The van der Waals surface area contributed by atoms with Crippen LogP contribution in [0, 0.1) is 6.92 Å². The number of likely N-dealkylation sites (N-methyl/N-ethyl adjacent to an activating group) is 1. The normalized spacial score (nSPS) is 11.2. The fourth-order valence-electron chi connectivity index (χ4n) is 1.55. The van der Waals surface area contributed by atoms with Crippen LogP contribution in [-0.4, -0.2) is 47.8 Å². The van der Waals surface area contributed by atoms with E-state index in [-0.39, 0.29) is 0 Å². The van der Waals surface area contributed by atoms with Gasteiger partial charge in [-0.05, 0) is 13.1 Å². The molecule has 0 bridgehead atoms. The Labute approximate surface area is 97.2 Å². The minimum atomic E-state index is 0.637. The predicted molar refractivity (Wildman–Crippen MR) is 63.4 cm³/mol. The summed E-state index contributed by atoms with van der Waals surface area (Å²) in [7, 11) is 0. The minimum absolute atomic E-state index is 0.637. The molecule has 0 aliphatic heterocycles. The van der Waals surface area contributed by atoms with Crippen molar-refractivity contribution in [2.75, 3.05) is 32.7 Å². The highest BCUT2D eigenvalue weighted by atomic mass is 16.5. The van der Waals surface area contributed by atoms with Crippen LogP contribution in [0.1, 0.15) is 25.6 Å². The van der Waals surface area contributed by atoms with Crippen LogP contribution >= 0.6 is 0 Å². The van der Waals surface area contributed by atoms with Crippen molar-refractivity contribution in [3.8, 4) is 0 Å². The Morgan fingerprint density at radius 3 is 2.56 bits per heavy atom. The van der Waals surface area contributed by atoms with Crippen LogP contribution in [0.5, 0.6) is 0 Å². The van der Waals surface area contributed by atoms with Crippen molar-refractivity contribution >= 4 is 0 Å². The fourth-order valence-corrected chi connectivity index (χ4v) is 1.55. The number of nitrogens with zero attached hydrogens (tertiary/aromatic N) is 3. The van der Waals surface area contributed by atoms with Gasteiger partial charge >= 0.3 is 0 Å². The minimum Gasteiger partial charge on any atom is -0.340 e. The highest BCUT2D eigenvalue weighted by molar-refractivity contribution is 4.84. The Morgan fingerprint density at radius 2 is 2.00 bits per heavy atom. The van der Waals surface area contributed by atoms with Gasteiger partial charge in [-0.3, -0.25) is 0 Å². The number of aryl methyl sites for hydroxylation is 1. The van der Waals surface area contributed by atoms with E-state index in [0.717, 1.165) is 45.0 Å². The summed E-state index contributed by atoms with van der Waals surface area (Å²) in [5.74, 6) is 1.42. The molecule has 0 saturated carbocycles. The van der Waals surface area contributed by atoms with Gasteiger partial charge in [0.1, 0.15) is 0 Å². The van der Waals surface area contributed by atoms with Gasteiger partial charge < -0.3 is 14.7 Å². The number of rotatable bonds is 8. The van der Waals surface area contributed by atoms with Crippen molar-refractivity contribution in [3.63, 3.8) is 0 Å². The van der Waals surface area contributed by atoms with Gasteiger partial charge in [-0.1, -0.05) is 19.0 Å². The summed E-state index contributed by atoms with van der Waals surface area (Å²) in [6.45, 7) is 11.4. The fraction of sp³-hybridized carbons (Fsp3) is 0.818. The zero-order chi connectivity index (χ0) is 11.8. The van der Waals surface area contributed by atoms with E-state index in [0.29, 0.717) is 5.89 Å². The zero-order valence-electron chi connectivity index (χ0n) is 10.5. The maximum Gasteiger partial charge on any atom is 0.223 e. The van der Waals surface area contributed by atoms with E-state index in [2.05, 4.69) is 34.2 Å². The first-order valence-electron chi connectivity index (χ1n) is 5.98. The Hall–Kier alpha value is -0.940. The van der Waals surface area contributed by atoms with Crippen molar-refractivity contribution in [2.45, 2.75) is 27.2 Å². The summed E-state index contributed by atoms with van der Waals surface area (Å²) in [5, 5.41) is 7.22. The SMILES string of the molecule is CCN(CC)CCNCCc1noc(C)n1. The Kier molecular flexibility index (Phi) is 6.03. The molecule has 0 aliphatic carbocycles. The first-order chi connectivity index (χ1) is 7.76. The van der Waals surface area contributed by atoms with Gasteiger partial charge in [0.2, 0.25) is 5.89 Å². The van der Waals surface area contributed by atoms with E-state index in [1.807, 2.05) is 6.92 Å². The van der Waals surface area contributed by atoms with E-state index in [1.54, 1.807) is 0 Å². The lowest BCUT2D eigenvalue weighted by Crippen LogP contribution is -2.32. The monoisotopic (exact) mass is 226 g/mol. The summed E-state index contributed by atoms with van der Waals surface area (Å²) < 4.78 is 4.90. The highest BCUT2D eigenvalue weighted by Crippen LogP contribution is 1.94. The molecule has 0 radical (unpaired) electrons. The lowest BCUT2D eigenvalue weighted by molar-refractivity contribution is 0.302. The van der Waals surface area contributed by atoms with E-state index in [9.17, 15) is 0 Å². The number of hydrogen-bond donors (Lipinski definition) is 1. The van der Waals surface area contributed by atoms with E-state index in [1.165, 1.54) is 0 Å². The number of aromatic nitrogens is 2. The van der Waals surface area contributed by atoms with Crippen molar-refractivity contribution in [2.24, 2.45) is 0 Å². The topological polar surface area (TPSA) is 54.2 Å². The second-order valence-electron chi connectivity index (χ2n) is 3.76. The molecular weight excluding hydrogens is 204 g/mol. The molecule has 0 aliphatic rings. The molecule has 0 fully saturated rings. The largest absolute Gasteiger partial charge is 0.340 e. The molecule has 5 nitrogen and oxygen atoms in total. The van der Waals surface area contributed by atoms with Crippen molar-refractivity contribution in [1.29, 1.82) is 0 Å². The smallest absolute Gasteiger partial charge is 0.223 e. The zero-order valence-corrected chi connectivity index (χ0v) is 10.5. The third-order valence-corrected chi connectivity index (χ3v) is 2.59. The second-order valence-corrected chi connectivity index (χ2v) is 3.76. The maximum atomic E-state index is 4.90. The molecule has 16 heavy (non-hydrogen) atoms. The molecular formula is C11H22N4O. The van der Waals surface area contributed by atoms with Crippen molar-refractivity contribution in [3.05, 3.63) is 11.7 Å². The van der Waals surface area contributed by atoms with E-state index < -0.39 is 0 Å². The molecule has 1 heterocycles. The van der Waals surface area contributed by atoms with Crippen LogP contribution in [0.2, 0.25) is 0 Å². The molecule has 92 valence electrons. The lowest BCUT2D eigenvalue weighted by Gasteiger charge is -2.17. The quantitative estimate of drug-likeness (QED) is 0.666. The van der Waals surface area contributed by atoms with Crippen LogP contribution in [-0.2, 0) is 6.42 Å². The molecule has 1 aromatic heterocycles. The van der Waals surface area contributed by atoms with E-state index in [4.69, 9.17) is 4.52 Å². The molecule has 1 rings (SSSR count). The highest BCUT2D eigenvalue weighted by Gasteiger charge is 2.01. The molecule has 0 aromatic carbocycles. The van der Waals surface area contributed by atoms with Crippen molar-refractivity contribution < 1.29 is 4.52 Å². The maximum absolute atomic E-state index is 4.90. The van der Waals surface area contributed by atoms with E-state index >= 15 is 0 Å². The molecule has 1 N–H and O–H groups in total. The Bertz CT molecular complexity index is 283. The van der Waals surface area contributed by atoms with Gasteiger partial charge in [0.25, 0.3) is 0 Å². The molecule has 0 amide bonds. The summed E-state index contributed by atoms with van der Waals surface area (Å²) in [5.41, 5.74) is 0. The van der Waals surface area contributed by atoms with Gasteiger partial charge in [0.05, 0.1) is 0 Å². The van der Waals surface area contributed by atoms with Gasteiger partial charge in [0.15, 0.2) is 5.82 Å². The third kappa shape index (κ3) is 4.72. The molecule has 0 atom stereocenters. The van der Waals surface area contributed by atoms with Gasteiger partial charge in [-0.2, -0.15) is 4.98 Å². The summed E-state index contributed by atoms with van der Waals surface area (Å²) in [6, 6.07) is 0. The van der Waals surface area contributed by atoms with Gasteiger partial charge in [-0.25, -0.2) is 0 Å². The average Bonchev–Trinajstić information content (AvgIpc) is 2.70. The standard InChI is InChI=1S/C11H22N4O/c1-4-15(5-2)9-8-12-7-6-11-13-10(3)16-14-11/h12H,4-9H2,1-3H3. The Balaban J connectivity index is 2.04. The van der Waals surface area contributed by atoms with Crippen molar-refractivity contribution in [1.82, 2.24) is 20.4 Å². The van der Waals surface area contributed by atoms with Crippen LogP contribution < -0.4 is 5.32 Å². The number of hydrogen-bond acceptors (Lipinski definition) is 5. The molecule has 1 aromatic rings. The van der Waals surface area contributed by atoms with Crippen LogP contribution in [0.15, 0.2) is 4.52 Å². The summed E-state index contributed by atoms with van der Waals surface area (Å²) >= 11 is 0. The lowest BCUT2D eigenvalue weighted by atomic mass is 10.4. The first-order valence-corrected chi connectivity index (χ1v) is 5.98. The second kappa shape index (κ2) is 7.35. The third-order valence-electron chi connectivity index (χ3n) is 2.59. The number of nitrogens with one attached hydrogen (secondary N) is 1. The Morgan fingerprint density at radius 1 is 1.25 bits per heavy atom. The molecule has 5 heteroatoms. The molecule has 0 unspecified atom stereocenters.